The molecule has 2 saturated heterocycles. The number of hydrogen-bond donors (Lipinski definition) is 1. The number of benzene rings is 2. The number of fused-ring (bicyclic) bond motifs is 2. The first-order chi connectivity index (χ1) is 13.1. The van der Waals surface area contributed by atoms with E-state index in [0.29, 0.717) is 11.3 Å². The molecule has 2 aliphatic rings. The van der Waals surface area contributed by atoms with Gasteiger partial charge in [0.05, 0.1) is 12.1 Å². The van der Waals surface area contributed by atoms with E-state index in [-0.39, 0.29) is 36.5 Å². The summed E-state index contributed by atoms with van der Waals surface area (Å²) in [5.41, 5.74) is 1.39. The molecule has 2 aromatic carbocycles. The lowest BCUT2D eigenvalue weighted by Gasteiger charge is -2.22. The lowest BCUT2D eigenvalue weighted by atomic mass is 9.95. The third-order valence-electron chi connectivity index (χ3n) is 5.36. The van der Waals surface area contributed by atoms with Gasteiger partial charge < -0.3 is 15.0 Å². The number of ether oxygens (including phenoxy) is 1. The molecule has 3 atom stereocenters. The van der Waals surface area contributed by atoms with Crippen LogP contribution in [0.3, 0.4) is 0 Å². The molecule has 1 amide bonds. The average Bonchev–Trinajstić information content (AvgIpc) is 3.23. The SMILES string of the molecule is N#CN1[C@H]2CC[C@@H]1[C@H](NC(=O)c1cccc(COc3cccc(F)c3)c1)C2. The Morgan fingerprint density at radius 2 is 2.11 bits per heavy atom. The summed E-state index contributed by atoms with van der Waals surface area (Å²) in [6, 6.07) is 13.6. The van der Waals surface area contributed by atoms with Gasteiger partial charge in [0.25, 0.3) is 5.91 Å². The smallest absolute Gasteiger partial charge is 0.251 e. The van der Waals surface area contributed by atoms with Crippen LogP contribution in [0.4, 0.5) is 4.39 Å². The van der Waals surface area contributed by atoms with Crippen LogP contribution in [0.2, 0.25) is 0 Å². The van der Waals surface area contributed by atoms with Crippen LogP contribution in [0.15, 0.2) is 48.5 Å². The van der Waals surface area contributed by atoms with E-state index in [1.807, 2.05) is 17.0 Å². The van der Waals surface area contributed by atoms with Crippen molar-refractivity contribution in [3.8, 4) is 11.9 Å². The molecule has 0 spiro atoms. The van der Waals surface area contributed by atoms with Crippen LogP contribution >= 0.6 is 0 Å². The van der Waals surface area contributed by atoms with Gasteiger partial charge in [-0.3, -0.25) is 4.79 Å². The average molecular weight is 365 g/mol. The fraction of sp³-hybridized carbons (Fsp3) is 0.333. The van der Waals surface area contributed by atoms with Crippen molar-refractivity contribution in [1.29, 1.82) is 5.26 Å². The molecule has 5 nitrogen and oxygen atoms in total. The fourth-order valence-electron chi connectivity index (χ4n) is 4.08. The summed E-state index contributed by atoms with van der Waals surface area (Å²) < 4.78 is 18.8. The highest BCUT2D eigenvalue weighted by molar-refractivity contribution is 5.94. The van der Waals surface area contributed by atoms with Crippen LogP contribution in [0.1, 0.15) is 35.2 Å². The Bertz CT molecular complexity index is 895. The van der Waals surface area contributed by atoms with Crippen molar-refractivity contribution in [2.75, 3.05) is 0 Å². The topological polar surface area (TPSA) is 65.4 Å². The predicted molar refractivity (Wildman–Crippen MR) is 97.3 cm³/mol. The van der Waals surface area contributed by atoms with Crippen molar-refractivity contribution >= 4 is 5.91 Å². The second-order valence-electron chi connectivity index (χ2n) is 7.07. The molecule has 6 heteroatoms. The van der Waals surface area contributed by atoms with Crippen LogP contribution in [0, 0.1) is 17.3 Å². The summed E-state index contributed by atoms with van der Waals surface area (Å²) in [7, 11) is 0. The number of rotatable bonds is 5. The molecule has 2 aromatic rings. The number of nitriles is 1. The second-order valence-corrected chi connectivity index (χ2v) is 7.07. The van der Waals surface area contributed by atoms with Crippen LogP contribution in [-0.4, -0.2) is 28.9 Å². The summed E-state index contributed by atoms with van der Waals surface area (Å²) in [4.78, 5) is 14.5. The van der Waals surface area contributed by atoms with E-state index >= 15 is 0 Å². The molecule has 138 valence electrons. The van der Waals surface area contributed by atoms with E-state index in [1.165, 1.54) is 12.1 Å². The van der Waals surface area contributed by atoms with E-state index in [9.17, 15) is 14.4 Å². The first-order valence-electron chi connectivity index (χ1n) is 9.10. The predicted octanol–water partition coefficient (Wildman–Crippen LogP) is 3.22. The van der Waals surface area contributed by atoms with Crippen molar-refractivity contribution in [1.82, 2.24) is 10.2 Å². The summed E-state index contributed by atoms with van der Waals surface area (Å²) in [5.74, 6) is -0.0422. The third-order valence-corrected chi connectivity index (χ3v) is 5.36. The molecule has 2 bridgehead atoms. The maximum Gasteiger partial charge on any atom is 0.251 e. The molecule has 27 heavy (non-hydrogen) atoms. The molecule has 2 aliphatic heterocycles. The highest BCUT2D eigenvalue weighted by atomic mass is 19.1. The van der Waals surface area contributed by atoms with E-state index in [1.54, 1.807) is 24.3 Å². The number of nitrogens with zero attached hydrogens (tertiary/aromatic N) is 2. The zero-order chi connectivity index (χ0) is 18.8. The van der Waals surface area contributed by atoms with Gasteiger partial charge in [-0.2, -0.15) is 5.26 Å². The molecule has 0 aromatic heterocycles. The third kappa shape index (κ3) is 3.59. The van der Waals surface area contributed by atoms with E-state index in [4.69, 9.17) is 4.74 Å². The molecule has 0 radical (unpaired) electrons. The van der Waals surface area contributed by atoms with Gasteiger partial charge in [0.2, 0.25) is 0 Å². The minimum atomic E-state index is -0.349. The standard InChI is InChI=1S/C21H20FN3O2/c22-16-5-2-6-18(10-16)27-12-14-3-1-4-15(9-14)21(26)24-19-11-17-7-8-20(19)25(17)13-23/h1-6,9-10,17,19-20H,7-8,11-12H2,(H,24,26)/t17-,19+,20+/m0/s1. The molecule has 4 rings (SSSR count). The Hall–Kier alpha value is -3.07. The first-order valence-corrected chi connectivity index (χ1v) is 9.10. The van der Waals surface area contributed by atoms with Crippen LogP contribution in [0.5, 0.6) is 5.75 Å². The van der Waals surface area contributed by atoms with Gasteiger partial charge in [-0.1, -0.05) is 18.2 Å². The van der Waals surface area contributed by atoms with Crippen LogP contribution in [-0.2, 0) is 6.61 Å². The molecule has 0 saturated carbocycles. The number of hydrogen-bond acceptors (Lipinski definition) is 4. The van der Waals surface area contributed by atoms with Crippen molar-refractivity contribution in [2.24, 2.45) is 0 Å². The summed E-state index contributed by atoms with van der Waals surface area (Å²) in [6.45, 7) is 0.251. The number of amides is 1. The minimum Gasteiger partial charge on any atom is -0.489 e. The Kier molecular flexibility index (Phi) is 4.68. The van der Waals surface area contributed by atoms with Crippen LogP contribution in [0.25, 0.3) is 0 Å². The maximum atomic E-state index is 13.2. The van der Waals surface area contributed by atoms with Gasteiger partial charge in [0, 0.05) is 17.7 Å². The van der Waals surface area contributed by atoms with Gasteiger partial charge in [-0.25, -0.2) is 4.39 Å². The number of halogens is 1. The Morgan fingerprint density at radius 3 is 2.89 bits per heavy atom. The van der Waals surface area contributed by atoms with Crippen molar-refractivity contribution in [2.45, 2.75) is 44.0 Å². The molecule has 0 unspecified atom stereocenters. The van der Waals surface area contributed by atoms with E-state index < -0.39 is 0 Å². The van der Waals surface area contributed by atoms with Gasteiger partial charge in [-0.15, -0.1) is 0 Å². The number of carbonyl (C=O) groups is 1. The zero-order valence-corrected chi connectivity index (χ0v) is 14.8. The van der Waals surface area contributed by atoms with Gasteiger partial charge in [0.15, 0.2) is 6.19 Å². The highest BCUT2D eigenvalue weighted by Crippen LogP contribution is 2.37. The first kappa shape index (κ1) is 17.3. The van der Waals surface area contributed by atoms with Gasteiger partial charge in [0.1, 0.15) is 18.2 Å². The number of nitrogens with one attached hydrogen (secondary N) is 1. The molecule has 1 N–H and O–H groups in total. The zero-order valence-electron chi connectivity index (χ0n) is 14.8. The second kappa shape index (κ2) is 7.28. The number of carbonyl (C=O) groups excluding carboxylic acids is 1. The largest absolute Gasteiger partial charge is 0.489 e. The molecule has 2 heterocycles. The summed E-state index contributed by atoms with van der Waals surface area (Å²) in [5, 5.41) is 12.3. The fourth-order valence-corrected chi connectivity index (χ4v) is 4.08. The van der Waals surface area contributed by atoms with E-state index in [0.717, 1.165) is 24.8 Å². The van der Waals surface area contributed by atoms with Crippen molar-refractivity contribution < 1.29 is 13.9 Å². The van der Waals surface area contributed by atoms with Crippen molar-refractivity contribution in [3.63, 3.8) is 0 Å². The normalized spacial score (nSPS) is 23.1. The highest BCUT2D eigenvalue weighted by Gasteiger charge is 2.46. The summed E-state index contributed by atoms with van der Waals surface area (Å²) in [6.07, 6.45) is 5.05. The lowest BCUT2D eigenvalue weighted by Crippen LogP contribution is -2.43. The Labute approximate surface area is 157 Å². The van der Waals surface area contributed by atoms with Gasteiger partial charge >= 0.3 is 0 Å². The maximum absolute atomic E-state index is 13.2. The van der Waals surface area contributed by atoms with Crippen molar-refractivity contribution in [3.05, 3.63) is 65.5 Å². The molecule has 0 aliphatic carbocycles. The Balaban J connectivity index is 1.39. The quantitative estimate of drug-likeness (QED) is 0.827. The van der Waals surface area contributed by atoms with E-state index in [2.05, 4.69) is 11.5 Å². The Morgan fingerprint density at radius 1 is 1.26 bits per heavy atom. The lowest BCUT2D eigenvalue weighted by molar-refractivity contribution is 0.0928. The minimum absolute atomic E-state index is 0.0168. The summed E-state index contributed by atoms with van der Waals surface area (Å²) >= 11 is 0. The molecule has 2 fully saturated rings. The van der Waals surface area contributed by atoms with Crippen LogP contribution < -0.4 is 10.1 Å². The monoisotopic (exact) mass is 365 g/mol. The molecular formula is C21H20FN3O2. The molecular weight excluding hydrogens is 345 g/mol. The van der Waals surface area contributed by atoms with Gasteiger partial charge in [-0.05, 0) is 49.1 Å².